The third-order valence-electron chi connectivity index (χ3n) is 6.88. The third-order valence-corrected chi connectivity index (χ3v) is 6.88. The molecule has 0 bridgehead atoms. The third kappa shape index (κ3) is 2.83. The van der Waals surface area contributed by atoms with Gasteiger partial charge in [-0.15, -0.1) is 0 Å². The van der Waals surface area contributed by atoms with Gasteiger partial charge < -0.3 is 9.38 Å². The maximum absolute atomic E-state index is 2.38. The van der Waals surface area contributed by atoms with Crippen LogP contribution in [0, 0.1) is 6.92 Å². The Labute approximate surface area is 200 Å². The van der Waals surface area contributed by atoms with Crippen molar-refractivity contribution in [3.8, 4) is 16.8 Å². The summed E-state index contributed by atoms with van der Waals surface area (Å²) in [6.45, 7) is 2.15. The van der Waals surface area contributed by atoms with Crippen LogP contribution in [0.4, 0.5) is 11.4 Å². The Morgan fingerprint density at radius 1 is 0.559 bits per heavy atom. The molecular formula is C31H22BN2. The van der Waals surface area contributed by atoms with E-state index in [2.05, 4.69) is 139 Å². The molecule has 0 saturated heterocycles. The zero-order valence-corrected chi connectivity index (χ0v) is 18.9. The first-order valence-electron chi connectivity index (χ1n) is 11.7. The molecule has 0 N–H and O–H groups in total. The summed E-state index contributed by atoms with van der Waals surface area (Å²) in [7, 11) is 2.27. The van der Waals surface area contributed by atoms with Crippen LogP contribution in [-0.2, 0) is 0 Å². The highest BCUT2D eigenvalue weighted by atomic mass is 15.1. The molecular weight excluding hydrogens is 411 g/mol. The molecule has 6 aromatic rings. The number of hydrogen-bond donors (Lipinski definition) is 0. The van der Waals surface area contributed by atoms with Gasteiger partial charge in [0, 0.05) is 33.4 Å². The molecule has 0 saturated carbocycles. The lowest BCUT2D eigenvalue weighted by atomic mass is 9.70. The van der Waals surface area contributed by atoms with E-state index >= 15 is 0 Å². The topological polar surface area (TPSA) is 8.17 Å². The maximum Gasteiger partial charge on any atom is 0.291 e. The van der Waals surface area contributed by atoms with Gasteiger partial charge in [-0.25, -0.2) is 0 Å². The molecule has 5 aromatic carbocycles. The zero-order chi connectivity index (χ0) is 22.6. The van der Waals surface area contributed by atoms with Crippen molar-refractivity contribution in [2.75, 3.05) is 4.81 Å². The van der Waals surface area contributed by atoms with Crippen molar-refractivity contribution >= 4 is 46.1 Å². The van der Waals surface area contributed by atoms with Crippen molar-refractivity contribution < 1.29 is 0 Å². The standard InChI is InChI=1S/C31H22BN2/c1-21-17-18-24-25-11-4-7-16-31(25)34(32-28(24)19-21)23-10-8-9-22(20-23)33-29-14-5-2-12-26(29)27-13-3-6-15-30(27)33/h2-20H,1H3. The second-order valence-electron chi connectivity index (χ2n) is 9.00. The van der Waals surface area contributed by atoms with Crippen LogP contribution in [0.3, 0.4) is 0 Å². The Morgan fingerprint density at radius 3 is 2.03 bits per heavy atom. The highest BCUT2D eigenvalue weighted by Crippen LogP contribution is 2.39. The zero-order valence-electron chi connectivity index (χ0n) is 18.9. The fraction of sp³-hybridized carbons (Fsp3) is 0.0323. The summed E-state index contributed by atoms with van der Waals surface area (Å²) in [6.07, 6.45) is 0. The highest BCUT2D eigenvalue weighted by Gasteiger charge is 2.24. The Morgan fingerprint density at radius 2 is 1.24 bits per heavy atom. The van der Waals surface area contributed by atoms with Crippen molar-refractivity contribution in [2.24, 2.45) is 0 Å². The summed E-state index contributed by atoms with van der Waals surface area (Å²) in [5.41, 5.74) is 11.1. The summed E-state index contributed by atoms with van der Waals surface area (Å²) in [6, 6.07) is 41.6. The Bertz CT molecular complexity index is 1660. The van der Waals surface area contributed by atoms with E-state index in [1.807, 2.05) is 0 Å². The maximum atomic E-state index is 2.38. The van der Waals surface area contributed by atoms with Gasteiger partial charge in [0.25, 0.3) is 7.41 Å². The van der Waals surface area contributed by atoms with E-state index in [1.165, 1.54) is 49.6 Å². The number of nitrogens with zero attached hydrogens (tertiary/aromatic N) is 2. The van der Waals surface area contributed by atoms with Crippen molar-refractivity contribution in [3.05, 3.63) is 121 Å². The van der Waals surface area contributed by atoms with Gasteiger partial charge in [-0.05, 0) is 48.9 Å². The van der Waals surface area contributed by atoms with Crippen LogP contribution < -0.4 is 10.3 Å². The minimum Gasteiger partial charge on any atom is -0.385 e. The van der Waals surface area contributed by atoms with E-state index in [1.54, 1.807) is 0 Å². The molecule has 0 spiro atoms. The van der Waals surface area contributed by atoms with E-state index in [9.17, 15) is 0 Å². The van der Waals surface area contributed by atoms with Crippen molar-refractivity contribution in [2.45, 2.75) is 6.92 Å². The van der Waals surface area contributed by atoms with Crippen LogP contribution in [0.25, 0.3) is 38.6 Å². The summed E-state index contributed by atoms with van der Waals surface area (Å²) >= 11 is 0. The quantitative estimate of drug-likeness (QED) is 0.263. The van der Waals surface area contributed by atoms with E-state index in [0.29, 0.717) is 0 Å². The minimum absolute atomic E-state index is 1.15. The molecule has 0 unspecified atom stereocenters. The smallest absolute Gasteiger partial charge is 0.291 e. The van der Waals surface area contributed by atoms with Gasteiger partial charge in [0.15, 0.2) is 0 Å². The summed E-state index contributed by atoms with van der Waals surface area (Å²) in [5.74, 6) is 0. The monoisotopic (exact) mass is 433 g/mol. The molecule has 0 atom stereocenters. The van der Waals surface area contributed by atoms with Crippen LogP contribution in [0.2, 0.25) is 0 Å². The number of rotatable bonds is 2. The predicted molar refractivity (Wildman–Crippen MR) is 145 cm³/mol. The van der Waals surface area contributed by atoms with Crippen LogP contribution in [0.5, 0.6) is 0 Å². The van der Waals surface area contributed by atoms with Crippen molar-refractivity contribution in [1.82, 2.24) is 4.57 Å². The average Bonchev–Trinajstić information content (AvgIpc) is 3.22. The first kappa shape index (κ1) is 19.3. The molecule has 2 nitrogen and oxygen atoms in total. The fourth-order valence-electron chi connectivity index (χ4n) is 5.35. The fourth-order valence-corrected chi connectivity index (χ4v) is 5.35. The van der Waals surface area contributed by atoms with Gasteiger partial charge >= 0.3 is 0 Å². The van der Waals surface area contributed by atoms with E-state index < -0.39 is 0 Å². The highest BCUT2D eigenvalue weighted by molar-refractivity contribution is 6.63. The van der Waals surface area contributed by atoms with E-state index in [-0.39, 0.29) is 0 Å². The molecule has 34 heavy (non-hydrogen) atoms. The number of aryl methyl sites for hydroxylation is 1. The van der Waals surface area contributed by atoms with Gasteiger partial charge in [-0.3, -0.25) is 0 Å². The van der Waals surface area contributed by atoms with Gasteiger partial charge in [0.05, 0.1) is 11.0 Å². The lowest BCUT2D eigenvalue weighted by Gasteiger charge is -2.33. The lowest BCUT2D eigenvalue weighted by Crippen LogP contribution is -2.37. The Hall–Kier alpha value is -4.24. The molecule has 0 aliphatic carbocycles. The number of fused-ring (bicyclic) bond motifs is 6. The van der Waals surface area contributed by atoms with Crippen LogP contribution >= 0.6 is 0 Å². The summed E-state index contributed by atoms with van der Waals surface area (Å²) in [4.78, 5) is 2.33. The Kier molecular flexibility index (Phi) is 4.19. The van der Waals surface area contributed by atoms with Crippen LogP contribution in [0.15, 0.2) is 115 Å². The normalized spacial score (nSPS) is 12.4. The van der Waals surface area contributed by atoms with E-state index in [4.69, 9.17) is 0 Å². The predicted octanol–water partition coefficient (Wildman–Crippen LogP) is 7.16. The molecule has 0 fully saturated rings. The molecule has 7 rings (SSSR count). The number of aromatic nitrogens is 1. The van der Waals surface area contributed by atoms with E-state index in [0.717, 1.165) is 11.4 Å². The lowest BCUT2D eigenvalue weighted by molar-refractivity contribution is 1.18. The average molecular weight is 433 g/mol. The van der Waals surface area contributed by atoms with Crippen molar-refractivity contribution in [1.29, 1.82) is 0 Å². The second-order valence-corrected chi connectivity index (χ2v) is 9.00. The molecule has 1 radical (unpaired) electrons. The Balaban J connectivity index is 1.43. The van der Waals surface area contributed by atoms with Gasteiger partial charge in [0.2, 0.25) is 0 Å². The number of hydrogen-bond acceptors (Lipinski definition) is 1. The largest absolute Gasteiger partial charge is 0.385 e. The molecule has 1 aromatic heterocycles. The molecule has 0 amide bonds. The molecule has 3 heteroatoms. The number of para-hydroxylation sites is 3. The summed E-state index contributed by atoms with van der Waals surface area (Å²) < 4.78 is 2.38. The van der Waals surface area contributed by atoms with Gasteiger partial charge in [-0.1, -0.05) is 89.9 Å². The number of anilines is 2. The summed E-state index contributed by atoms with van der Waals surface area (Å²) in [5, 5.41) is 2.56. The second kappa shape index (κ2) is 7.39. The van der Waals surface area contributed by atoms with Crippen LogP contribution in [-0.4, -0.2) is 12.0 Å². The molecule has 1 aliphatic heterocycles. The first-order chi connectivity index (χ1) is 16.8. The molecule has 159 valence electrons. The number of benzene rings is 5. The minimum atomic E-state index is 1.15. The van der Waals surface area contributed by atoms with Gasteiger partial charge in [-0.2, -0.15) is 0 Å². The van der Waals surface area contributed by atoms with Crippen molar-refractivity contribution in [3.63, 3.8) is 0 Å². The first-order valence-corrected chi connectivity index (χ1v) is 11.7. The molecule has 2 heterocycles. The van der Waals surface area contributed by atoms with Crippen LogP contribution in [0.1, 0.15) is 5.56 Å². The SMILES string of the molecule is Cc1ccc2c(c1)[B]N(c1cccc(-n3c4ccccc4c4ccccc43)c1)c1ccccc1-2. The van der Waals surface area contributed by atoms with Gasteiger partial charge in [0.1, 0.15) is 0 Å². The molecule has 1 aliphatic rings.